The lowest BCUT2D eigenvalue weighted by molar-refractivity contribution is 0.184. The second-order valence-corrected chi connectivity index (χ2v) is 7.56. The number of hydrogen-bond acceptors (Lipinski definition) is 3. The molecule has 30 heavy (non-hydrogen) atoms. The van der Waals surface area contributed by atoms with Gasteiger partial charge in [-0.15, -0.1) is 0 Å². The van der Waals surface area contributed by atoms with Crippen molar-refractivity contribution in [1.82, 2.24) is 9.55 Å². The number of imidazole rings is 1. The van der Waals surface area contributed by atoms with Gasteiger partial charge in [0.2, 0.25) is 0 Å². The lowest BCUT2D eigenvalue weighted by atomic mass is 10.1. The fourth-order valence-electron chi connectivity index (χ4n) is 3.67. The van der Waals surface area contributed by atoms with Crippen molar-refractivity contribution in [3.8, 4) is 11.5 Å². The summed E-state index contributed by atoms with van der Waals surface area (Å²) >= 11 is 0. The molecule has 0 bridgehead atoms. The van der Waals surface area contributed by atoms with Crippen LogP contribution in [0.2, 0.25) is 0 Å². The molecule has 0 fully saturated rings. The predicted octanol–water partition coefficient (Wildman–Crippen LogP) is 6.26. The van der Waals surface area contributed by atoms with Crippen LogP contribution < -0.4 is 9.47 Å². The molecule has 3 aromatic carbocycles. The highest BCUT2D eigenvalue weighted by molar-refractivity contribution is 5.76. The summed E-state index contributed by atoms with van der Waals surface area (Å²) in [4.78, 5) is 4.92. The summed E-state index contributed by atoms with van der Waals surface area (Å²) in [7, 11) is 0. The maximum Gasteiger partial charge on any atom is 0.156 e. The Labute approximate surface area is 178 Å². The molecule has 0 N–H and O–H groups in total. The van der Waals surface area contributed by atoms with E-state index in [4.69, 9.17) is 14.5 Å². The average Bonchev–Trinajstić information content (AvgIpc) is 3.13. The van der Waals surface area contributed by atoms with Crippen molar-refractivity contribution in [1.29, 1.82) is 0 Å². The number of fused-ring (bicyclic) bond motifs is 1. The summed E-state index contributed by atoms with van der Waals surface area (Å²) in [6.45, 7) is 7.56. The maximum atomic E-state index is 6.30. The van der Waals surface area contributed by atoms with Crippen LogP contribution in [0.15, 0.2) is 72.8 Å². The summed E-state index contributed by atoms with van der Waals surface area (Å²) < 4.78 is 14.7. The molecule has 1 atom stereocenters. The predicted molar refractivity (Wildman–Crippen MR) is 121 cm³/mol. The van der Waals surface area contributed by atoms with Crippen LogP contribution in [0.5, 0.6) is 11.5 Å². The van der Waals surface area contributed by atoms with Gasteiger partial charge in [-0.2, -0.15) is 0 Å². The molecule has 1 heterocycles. The SMILES string of the molecule is CCC(Oc1ccccc1)c1nc2ccccc2n1CCOc1cc(C)ccc1C. The standard InChI is InChI=1S/C26H28N2O2/c1-4-24(30-21-10-6-5-7-11-21)26-27-22-12-8-9-13-23(22)28(26)16-17-29-25-18-19(2)14-15-20(25)3/h5-15,18,24H,4,16-17H2,1-3H3. The Hall–Kier alpha value is -3.27. The molecular weight excluding hydrogens is 372 g/mol. The second-order valence-electron chi connectivity index (χ2n) is 7.56. The first-order chi connectivity index (χ1) is 14.7. The number of aromatic nitrogens is 2. The zero-order chi connectivity index (χ0) is 20.9. The minimum atomic E-state index is -0.125. The van der Waals surface area contributed by atoms with Gasteiger partial charge in [-0.3, -0.25) is 0 Å². The molecule has 1 unspecified atom stereocenters. The van der Waals surface area contributed by atoms with Gasteiger partial charge in [0.25, 0.3) is 0 Å². The summed E-state index contributed by atoms with van der Waals surface area (Å²) in [5.74, 6) is 2.73. The molecule has 1 aromatic heterocycles. The van der Waals surface area contributed by atoms with Gasteiger partial charge < -0.3 is 14.0 Å². The van der Waals surface area contributed by atoms with Crippen molar-refractivity contribution in [2.75, 3.05) is 6.61 Å². The van der Waals surface area contributed by atoms with Crippen LogP contribution in [0.4, 0.5) is 0 Å². The van der Waals surface area contributed by atoms with Gasteiger partial charge in [0.15, 0.2) is 11.9 Å². The first-order valence-electron chi connectivity index (χ1n) is 10.5. The molecule has 0 spiro atoms. The van der Waals surface area contributed by atoms with Crippen molar-refractivity contribution >= 4 is 11.0 Å². The lowest BCUT2D eigenvalue weighted by Crippen LogP contribution is -2.17. The highest BCUT2D eigenvalue weighted by Crippen LogP contribution is 2.28. The molecule has 0 aliphatic carbocycles. The first-order valence-corrected chi connectivity index (χ1v) is 10.5. The van der Waals surface area contributed by atoms with Crippen LogP contribution >= 0.6 is 0 Å². The number of ether oxygens (including phenoxy) is 2. The minimum absolute atomic E-state index is 0.125. The Morgan fingerprint density at radius 3 is 2.50 bits per heavy atom. The summed E-state index contributed by atoms with van der Waals surface area (Å²) in [5.41, 5.74) is 4.43. The summed E-state index contributed by atoms with van der Waals surface area (Å²) in [6.07, 6.45) is 0.705. The molecule has 0 aliphatic heterocycles. The monoisotopic (exact) mass is 400 g/mol. The van der Waals surface area contributed by atoms with Gasteiger partial charge in [0.05, 0.1) is 17.6 Å². The number of rotatable bonds is 8. The van der Waals surface area contributed by atoms with Gasteiger partial charge in [-0.25, -0.2) is 4.98 Å². The van der Waals surface area contributed by atoms with Crippen LogP contribution in [-0.4, -0.2) is 16.2 Å². The maximum absolute atomic E-state index is 6.30. The highest BCUT2D eigenvalue weighted by atomic mass is 16.5. The number of nitrogens with zero attached hydrogens (tertiary/aromatic N) is 2. The van der Waals surface area contributed by atoms with Crippen LogP contribution in [0.3, 0.4) is 0 Å². The molecule has 0 radical (unpaired) electrons. The van der Waals surface area contributed by atoms with Gasteiger partial charge in [0.1, 0.15) is 18.1 Å². The van der Waals surface area contributed by atoms with Crippen molar-refractivity contribution in [2.45, 2.75) is 39.8 Å². The van der Waals surface area contributed by atoms with Crippen LogP contribution in [-0.2, 0) is 6.54 Å². The molecule has 4 heteroatoms. The van der Waals surface area contributed by atoms with E-state index < -0.39 is 0 Å². The highest BCUT2D eigenvalue weighted by Gasteiger charge is 2.20. The quantitative estimate of drug-likeness (QED) is 0.350. The third-order valence-corrected chi connectivity index (χ3v) is 5.28. The van der Waals surface area contributed by atoms with E-state index in [2.05, 4.69) is 61.7 Å². The van der Waals surface area contributed by atoms with Gasteiger partial charge >= 0.3 is 0 Å². The number of benzene rings is 3. The Bertz CT molecular complexity index is 1120. The Morgan fingerprint density at radius 2 is 1.70 bits per heavy atom. The van der Waals surface area contributed by atoms with E-state index in [0.717, 1.165) is 40.3 Å². The largest absolute Gasteiger partial charge is 0.491 e. The van der Waals surface area contributed by atoms with Crippen molar-refractivity contribution < 1.29 is 9.47 Å². The fourth-order valence-corrected chi connectivity index (χ4v) is 3.67. The molecule has 4 nitrogen and oxygen atoms in total. The molecule has 4 aromatic rings. The van der Waals surface area contributed by atoms with Crippen LogP contribution in [0, 0.1) is 13.8 Å². The first kappa shape index (κ1) is 20.0. The topological polar surface area (TPSA) is 36.3 Å². The minimum Gasteiger partial charge on any atom is -0.491 e. The lowest BCUT2D eigenvalue weighted by Gasteiger charge is -2.19. The Morgan fingerprint density at radius 1 is 0.933 bits per heavy atom. The molecule has 4 rings (SSSR count). The van der Waals surface area contributed by atoms with E-state index in [-0.39, 0.29) is 6.10 Å². The van der Waals surface area contributed by atoms with Gasteiger partial charge in [-0.05, 0) is 61.7 Å². The molecule has 154 valence electrons. The smallest absolute Gasteiger partial charge is 0.156 e. The molecule has 0 amide bonds. The average molecular weight is 401 g/mol. The van der Waals surface area contributed by atoms with Crippen molar-refractivity contribution in [2.24, 2.45) is 0 Å². The van der Waals surface area contributed by atoms with E-state index in [9.17, 15) is 0 Å². The van der Waals surface area contributed by atoms with E-state index in [1.54, 1.807) is 0 Å². The summed E-state index contributed by atoms with van der Waals surface area (Å²) in [6, 6.07) is 24.5. The third-order valence-electron chi connectivity index (χ3n) is 5.28. The van der Waals surface area contributed by atoms with E-state index in [1.807, 2.05) is 36.4 Å². The summed E-state index contributed by atoms with van der Waals surface area (Å²) in [5, 5.41) is 0. The molecular formula is C26H28N2O2. The molecule has 0 saturated carbocycles. The molecule has 0 aliphatic rings. The number of aryl methyl sites for hydroxylation is 2. The van der Waals surface area contributed by atoms with Crippen LogP contribution in [0.25, 0.3) is 11.0 Å². The van der Waals surface area contributed by atoms with E-state index in [0.29, 0.717) is 13.2 Å². The zero-order valence-electron chi connectivity index (χ0n) is 17.8. The van der Waals surface area contributed by atoms with Crippen molar-refractivity contribution in [3.05, 3.63) is 89.7 Å². The van der Waals surface area contributed by atoms with Gasteiger partial charge in [0, 0.05) is 0 Å². The van der Waals surface area contributed by atoms with E-state index >= 15 is 0 Å². The normalized spacial score (nSPS) is 12.1. The van der Waals surface area contributed by atoms with Crippen LogP contribution in [0.1, 0.15) is 36.4 Å². The zero-order valence-corrected chi connectivity index (χ0v) is 17.8. The molecule has 0 saturated heterocycles. The third kappa shape index (κ3) is 4.33. The number of para-hydroxylation sites is 3. The van der Waals surface area contributed by atoms with Gasteiger partial charge in [-0.1, -0.05) is 49.4 Å². The Kier molecular flexibility index (Phi) is 6.03. The van der Waals surface area contributed by atoms with E-state index in [1.165, 1.54) is 5.56 Å². The van der Waals surface area contributed by atoms with Crippen molar-refractivity contribution in [3.63, 3.8) is 0 Å². The fraction of sp³-hybridized carbons (Fsp3) is 0.269. The Balaban J connectivity index is 1.60. The second kappa shape index (κ2) is 9.04. The number of hydrogen-bond donors (Lipinski definition) is 0.